The molecule has 3 aromatic rings. The Hall–Kier alpha value is -3.00. The van der Waals surface area contributed by atoms with Crippen LogP contribution in [0.1, 0.15) is 45.6 Å². The van der Waals surface area contributed by atoms with Gasteiger partial charge in [-0.25, -0.2) is 4.98 Å². The van der Waals surface area contributed by atoms with E-state index < -0.39 is 6.10 Å². The molecule has 1 atom stereocenters. The Balaban J connectivity index is 1.10. The number of rotatable bonds is 7. The maximum Gasteiger partial charge on any atom is 0.277 e. The fraction of sp³-hybridized carbons (Fsp3) is 0.385. The minimum Gasteiger partial charge on any atom is -0.447 e. The average molecular weight is 447 g/mol. The van der Waals surface area contributed by atoms with Gasteiger partial charge >= 0.3 is 0 Å². The number of aliphatic hydroxyl groups is 1. The van der Waals surface area contributed by atoms with Gasteiger partial charge in [0.1, 0.15) is 6.26 Å². The van der Waals surface area contributed by atoms with E-state index in [1.165, 1.54) is 23.8 Å². The number of anilines is 1. The van der Waals surface area contributed by atoms with Crippen LogP contribution in [0.4, 0.5) is 5.69 Å². The first-order valence-corrected chi connectivity index (χ1v) is 11.7. The standard InChI is InChI=1S/C26H30N4O3/c31-24(20-5-2-1-3-6-20)16-29-11-13-30(14-12-29)17-25-28-23(18-33-25)26(32)27-22-10-9-19-7-4-8-21(19)15-22/h1-3,5-6,9-10,15,18,24,31H,4,7-8,11-14,16-17H2,(H,27,32). The molecule has 33 heavy (non-hydrogen) atoms. The number of benzene rings is 2. The zero-order valence-electron chi connectivity index (χ0n) is 18.7. The molecule has 0 radical (unpaired) electrons. The first-order valence-electron chi connectivity index (χ1n) is 11.7. The average Bonchev–Trinajstić information content (AvgIpc) is 3.50. The van der Waals surface area contributed by atoms with Gasteiger partial charge in [0.2, 0.25) is 5.89 Å². The van der Waals surface area contributed by atoms with E-state index in [2.05, 4.69) is 32.2 Å². The fourth-order valence-corrected chi connectivity index (χ4v) is 4.68. The molecule has 2 aliphatic rings. The van der Waals surface area contributed by atoms with Gasteiger partial charge in [0.15, 0.2) is 5.69 Å². The predicted molar refractivity (Wildman–Crippen MR) is 126 cm³/mol. The molecule has 1 aliphatic carbocycles. The summed E-state index contributed by atoms with van der Waals surface area (Å²) in [6.07, 6.45) is 4.34. The third-order valence-electron chi connectivity index (χ3n) is 6.58. The zero-order chi connectivity index (χ0) is 22.6. The Bertz CT molecular complexity index is 1090. The number of amides is 1. The number of aryl methyl sites for hydroxylation is 2. The second-order valence-electron chi connectivity index (χ2n) is 8.92. The number of piperazine rings is 1. The molecule has 0 saturated carbocycles. The van der Waals surface area contributed by atoms with Gasteiger partial charge in [-0.05, 0) is 48.1 Å². The van der Waals surface area contributed by atoms with Crippen LogP contribution in [0.5, 0.6) is 0 Å². The van der Waals surface area contributed by atoms with Gasteiger partial charge in [0.25, 0.3) is 5.91 Å². The third kappa shape index (κ3) is 5.33. The van der Waals surface area contributed by atoms with Crippen LogP contribution in [0.3, 0.4) is 0 Å². The number of nitrogens with one attached hydrogen (secondary N) is 1. The van der Waals surface area contributed by atoms with E-state index in [1.807, 2.05) is 36.4 Å². The van der Waals surface area contributed by atoms with Crippen LogP contribution in [0.2, 0.25) is 0 Å². The minimum atomic E-state index is -0.476. The van der Waals surface area contributed by atoms with Crippen LogP contribution in [-0.2, 0) is 19.4 Å². The van der Waals surface area contributed by atoms with Crippen LogP contribution in [-0.4, -0.2) is 58.5 Å². The Morgan fingerprint density at radius 2 is 1.79 bits per heavy atom. The number of fused-ring (bicyclic) bond motifs is 1. The molecular formula is C26H30N4O3. The van der Waals surface area contributed by atoms with Crippen molar-refractivity contribution < 1.29 is 14.3 Å². The van der Waals surface area contributed by atoms with Crippen LogP contribution in [0, 0.1) is 0 Å². The molecule has 1 saturated heterocycles. The molecule has 1 aromatic heterocycles. The minimum absolute atomic E-state index is 0.248. The maximum absolute atomic E-state index is 12.6. The molecule has 5 rings (SSSR count). The van der Waals surface area contributed by atoms with Crippen LogP contribution in [0.25, 0.3) is 0 Å². The summed E-state index contributed by atoms with van der Waals surface area (Å²) in [5.74, 6) is 0.300. The van der Waals surface area contributed by atoms with Crippen LogP contribution < -0.4 is 5.32 Å². The van der Waals surface area contributed by atoms with Crippen molar-refractivity contribution in [1.82, 2.24) is 14.8 Å². The second-order valence-corrected chi connectivity index (χ2v) is 8.92. The lowest BCUT2D eigenvalue weighted by Crippen LogP contribution is -2.47. The molecule has 2 heterocycles. The molecule has 172 valence electrons. The van der Waals surface area contributed by atoms with Crippen molar-refractivity contribution >= 4 is 11.6 Å². The van der Waals surface area contributed by atoms with Gasteiger partial charge in [0.05, 0.1) is 12.6 Å². The van der Waals surface area contributed by atoms with E-state index in [0.717, 1.165) is 50.3 Å². The van der Waals surface area contributed by atoms with Crippen molar-refractivity contribution in [3.05, 3.63) is 83.1 Å². The van der Waals surface area contributed by atoms with E-state index in [9.17, 15) is 9.90 Å². The number of carbonyl (C=O) groups is 1. The second kappa shape index (κ2) is 9.87. The molecule has 1 aliphatic heterocycles. The zero-order valence-corrected chi connectivity index (χ0v) is 18.7. The van der Waals surface area contributed by atoms with Gasteiger partial charge in [0, 0.05) is 38.4 Å². The van der Waals surface area contributed by atoms with Crippen molar-refractivity contribution in [2.24, 2.45) is 0 Å². The number of hydrogen-bond donors (Lipinski definition) is 2. The van der Waals surface area contributed by atoms with Crippen LogP contribution in [0.15, 0.2) is 59.2 Å². The first kappa shape index (κ1) is 21.8. The number of oxazole rings is 1. The van der Waals surface area contributed by atoms with Crippen molar-refractivity contribution in [2.75, 3.05) is 38.0 Å². The molecule has 0 bridgehead atoms. The lowest BCUT2D eigenvalue weighted by molar-refractivity contribution is 0.0671. The van der Waals surface area contributed by atoms with E-state index in [-0.39, 0.29) is 5.91 Å². The highest BCUT2D eigenvalue weighted by atomic mass is 16.3. The molecular weight excluding hydrogens is 416 g/mol. The number of hydrogen-bond acceptors (Lipinski definition) is 6. The lowest BCUT2D eigenvalue weighted by Gasteiger charge is -2.35. The quantitative estimate of drug-likeness (QED) is 0.580. The maximum atomic E-state index is 12.6. The molecule has 2 aromatic carbocycles. The van der Waals surface area contributed by atoms with Crippen molar-refractivity contribution in [1.29, 1.82) is 0 Å². The summed E-state index contributed by atoms with van der Waals surface area (Å²) < 4.78 is 5.58. The lowest BCUT2D eigenvalue weighted by atomic mass is 10.1. The summed E-state index contributed by atoms with van der Waals surface area (Å²) in [5, 5.41) is 13.4. The molecule has 1 amide bonds. The third-order valence-corrected chi connectivity index (χ3v) is 6.58. The number of aliphatic hydroxyl groups excluding tert-OH is 1. The SMILES string of the molecule is O=C(Nc1ccc2c(c1)CCC2)c1coc(CN2CCN(CC(O)c3ccccc3)CC2)n1. The summed E-state index contributed by atoms with van der Waals surface area (Å²) in [6.45, 7) is 4.67. The molecule has 7 heteroatoms. The van der Waals surface area contributed by atoms with Gasteiger partial charge in [-0.1, -0.05) is 36.4 Å². The van der Waals surface area contributed by atoms with E-state index in [4.69, 9.17) is 4.42 Å². The first-order chi connectivity index (χ1) is 16.1. The number of carbonyl (C=O) groups excluding carboxylic acids is 1. The van der Waals surface area contributed by atoms with E-state index >= 15 is 0 Å². The molecule has 7 nitrogen and oxygen atoms in total. The highest BCUT2D eigenvalue weighted by Gasteiger charge is 2.22. The van der Waals surface area contributed by atoms with Crippen molar-refractivity contribution in [3.63, 3.8) is 0 Å². The highest BCUT2D eigenvalue weighted by Crippen LogP contribution is 2.25. The Morgan fingerprint density at radius 3 is 2.61 bits per heavy atom. The number of nitrogens with zero attached hydrogens (tertiary/aromatic N) is 3. The largest absolute Gasteiger partial charge is 0.447 e. The summed E-state index contributed by atoms with van der Waals surface area (Å²) >= 11 is 0. The summed E-state index contributed by atoms with van der Waals surface area (Å²) in [6, 6.07) is 15.9. The van der Waals surface area contributed by atoms with Gasteiger partial charge in [-0.2, -0.15) is 0 Å². The van der Waals surface area contributed by atoms with E-state index in [0.29, 0.717) is 24.7 Å². The molecule has 0 spiro atoms. The summed E-state index contributed by atoms with van der Waals surface area (Å²) in [5.41, 5.74) is 4.76. The highest BCUT2D eigenvalue weighted by molar-refractivity contribution is 6.02. The topological polar surface area (TPSA) is 81.8 Å². The Kier molecular flexibility index (Phi) is 6.53. The van der Waals surface area contributed by atoms with Gasteiger partial charge < -0.3 is 14.8 Å². The smallest absolute Gasteiger partial charge is 0.277 e. The van der Waals surface area contributed by atoms with Gasteiger partial charge in [-0.15, -0.1) is 0 Å². The fourth-order valence-electron chi connectivity index (χ4n) is 4.68. The normalized spacial score (nSPS) is 17.6. The molecule has 1 fully saturated rings. The monoisotopic (exact) mass is 446 g/mol. The molecule has 1 unspecified atom stereocenters. The summed E-state index contributed by atoms with van der Waals surface area (Å²) in [4.78, 5) is 21.6. The van der Waals surface area contributed by atoms with Crippen molar-refractivity contribution in [2.45, 2.75) is 31.9 Å². The van der Waals surface area contributed by atoms with E-state index in [1.54, 1.807) is 0 Å². The predicted octanol–water partition coefficient (Wildman–Crippen LogP) is 3.27. The Morgan fingerprint density at radius 1 is 1.03 bits per heavy atom. The molecule has 2 N–H and O–H groups in total. The van der Waals surface area contributed by atoms with Crippen molar-refractivity contribution in [3.8, 4) is 0 Å². The van der Waals surface area contributed by atoms with Gasteiger partial charge in [-0.3, -0.25) is 14.6 Å². The Labute approximate surface area is 194 Å². The van der Waals surface area contributed by atoms with Crippen LogP contribution >= 0.6 is 0 Å². The summed E-state index contributed by atoms with van der Waals surface area (Å²) in [7, 11) is 0. The number of β-amino-alcohol motifs (C(OH)–C–C–N with tert-alkyl or cyclic N) is 1. The number of aromatic nitrogens is 1.